The molecular weight excluding hydrogens is 737 g/mol. The average molecular weight is 786 g/mol. The second-order valence-electron chi connectivity index (χ2n) is 18.0. The Morgan fingerprint density at radius 2 is 1.05 bits per heavy atom. The van der Waals surface area contributed by atoms with Gasteiger partial charge in [0.25, 0.3) is 6.71 Å². The predicted octanol–water partition coefficient (Wildman–Crippen LogP) is 13.6. The third kappa shape index (κ3) is 5.65. The van der Waals surface area contributed by atoms with E-state index in [0.29, 0.717) is 5.92 Å². The number of rotatable bonds is 6. The van der Waals surface area contributed by atoms with Gasteiger partial charge in [-0.25, -0.2) is 0 Å². The fraction of sp³-hybridized carbons (Fsp3) is 0.158. The van der Waals surface area contributed by atoms with Crippen LogP contribution in [0.25, 0.3) is 11.1 Å². The lowest BCUT2D eigenvalue weighted by atomic mass is 9.33. The van der Waals surface area contributed by atoms with Crippen LogP contribution in [-0.4, -0.2) is 6.71 Å². The first kappa shape index (κ1) is 36.1. The van der Waals surface area contributed by atoms with Crippen molar-refractivity contribution < 1.29 is 0 Å². The highest BCUT2D eigenvalue weighted by atomic mass is 15.2. The number of benzene rings is 8. The first-order valence-corrected chi connectivity index (χ1v) is 22.3. The zero-order chi connectivity index (χ0) is 40.7. The van der Waals surface area contributed by atoms with Crippen molar-refractivity contribution in [2.45, 2.75) is 57.3 Å². The molecule has 294 valence electrons. The van der Waals surface area contributed by atoms with Crippen molar-refractivity contribution in [2.75, 3.05) is 14.7 Å². The molecular formula is C57H48BN3. The molecule has 0 amide bonds. The molecule has 2 aliphatic heterocycles. The van der Waals surface area contributed by atoms with Gasteiger partial charge in [-0.1, -0.05) is 142 Å². The lowest BCUT2D eigenvalue weighted by molar-refractivity contribution is 0.444. The average Bonchev–Trinajstić information content (AvgIpc) is 3.55. The van der Waals surface area contributed by atoms with Crippen LogP contribution in [0.5, 0.6) is 0 Å². The van der Waals surface area contributed by atoms with E-state index in [0.717, 1.165) is 17.1 Å². The van der Waals surface area contributed by atoms with Crippen LogP contribution in [0.1, 0.15) is 68.6 Å². The maximum atomic E-state index is 2.62. The monoisotopic (exact) mass is 785 g/mol. The summed E-state index contributed by atoms with van der Waals surface area (Å²) >= 11 is 0. The lowest BCUT2D eigenvalue weighted by Crippen LogP contribution is -2.61. The molecule has 0 atom stereocenters. The molecule has 0 saturated heterocycles. The molecule has 4 aliphatic rings. The molecule has 0 radical (unpaired) electrons. The van der Waals surface area contributed by atoms with Crippen LogP contribution in [0.3, 0.4) is 0 Å². The molecule has 2 heterocycles. The highest BCUT2D eigenvalue weighted by Gasteiger charge is 2.45. The number of fused-ring (bicyclic) bond motifs is 7. The Labute approximate surface area is 360 Å². The first-order chi connectivity index (χ1) is 30.0. The molecule has 0 bridgehead atoms. The second-order valence-corrected chi connectivity index (χ2v) is 18.0. The van der Waals surface area contributed by atoms with Crippen LogP contribution in [0, 0.1) is 0 Å². The van der Waals surface area contributed by atoms with Crippen LogP contribution < -0.4 is 31.1 Å². The van der Waals surface area contributed by atoms with Gasteiger partial charge >= 0.3 is 0 Å². The van der Waals surface area contributed by atoms with Gasteiger partial charge in [0.05, 0.1) is 0 Å². The molecule has 2 aliphatic carbocycles. The number of nitrogens with zero attached hydrogens (tertiary/aromatic N) is 3. The van der Waals surface area contributed by atoms with Crippen LogP contribution >= 0.6 is 0 Å². The molecule has 0 N–H and O–H groups in total. The predicted molar refractivity (Wildman–Crippen MR) is 259 cm³/mol. The Balaban J connectivity index is 1.12. The molecule has 0 aromatic heterocycles. The minimum absolute atomic E-state index is 0.0545. The van der Waals surface area contributed by atoms with E-state index < -0.39 is 0 Å². The summed E-state index contributed by atoms with van der Waals surface area (Å²) in [4.78, 5) is 7.60. The van der Waals surface area contributed by atoms with Gasteiger partial charge in [0.1, 0.15) is 0 Å². The first-order valence-electron chi connectivity index (χ1n) is 22.3. The Kier molecular flexibility index (Phi) is 8.39. The van der Waals surface area contributed by atoms with E-state index in [1.165, 1.54) is 110 Å². The minimum atomic E-state index is -0.0999. The number of para-hydroxylation sites is 4. The topological polar surface area (TPSA) is 9.72 Å². The van der Waals surface area contributed by atoms with E-state index in [4.69, 9.17) is 0 Å². The molecule has 0 spiro atoms. The maximum absolute atomic E-state index is 2.62. The van der Waals surface area contributed by atoms with E-state index in [9.17, 15) is 0 Å². The van der Waals surface area contributed by atoms with Crippen molar-refractivity contribution in [3.63, 3.8) is 0 Å². The van der Waals surface area contributed by atoms with Gasteiger partial charge in [-0.3, -0.25) is 0 Å². The zero-order valence-electron chi connectivity index (χ0n) is 34.9. The van der Waals surface area contributed by atoms with E-state index in [2.05, 4.69) is 217 Å². The Morgan fingerprint density at radius 1 is 0.459 bits per heavy atom. The molecule has 3 nitrogen and oxygen atoms in total. The van der Waals surface area contributed by atoms with Crippen molar-refractivity contribution in [1.82, 2.24) is 0 Å². The van der Waals surface area contributed by atoms with E-state index in [1.807, 2.05) is 0 Å². The van der Waals surface area contributed by atoms with Gasteiger partial charge < -0.3 is 14.7 Å². The number of hydrogen-bond donors (Lipinski definition) is 0. The quantitative estimate of drug-likeness (QED) is 0.156. The van der Waals surface area contributed by atoms with Crippen molar-refractivity contribution in [2.24, 2.45) is 0 Å². The highest BCUT2D eigenvalue weighted by Crippen LogP contribution is 2.52. The van der Waals surface area contributed by atoms with Gasteiger partial charge in [0.15, 0.2) is 0 Å². The van der Waals surface area contributed by atoms with Crippen molar-refractivity contribution in [1.29, 1.82) is 0 Å². The van der Waals surface area contributed by atoms with Crippen LogP contribution in [-0.2, 0) is 5.41 Å². The fourth-order valence-electron chi connectivity index (χ4n) is 11.3. The second kappa shape index (κ2) is 14.2. The van der Waals surface area contributed by atoms with Gasteiger partial charge in [0, 0.05) is 56.6 Å². The van der Waals surface area contributed by atoms with Crippen molar-refractivity contribution in [3.05, 3.63) is 205 Å². The van der Waals surface area contributed by atoms with E-state index in [-0.39, 0.29) is 12.1 Å². The SMILES string of the molecule is CC1(C)c2ccccc2-c2ccc(N3c4ccccc4B4c5ccc(N(c6ccccc6)c6ccccc6)cc5N(c5ccccc5)c5cc(C6CCCCC6)cc3c54)cc21. The summed E-state index contributed by atoms with van der Waals surface area (Å²) in [6.07, 6.45) is 6.37. The molecule has 8 aromatic carbocycles. The number of hydrogen-bond acceptors (Lipinski definition) is 3. The van der Waals surface area contributed by atoms with Gasteiger partial charge in [0.2, 0.25) is 0 Å². The van der Waals surface area contributed by atoms with E-state index >= 15 is 0 Å². The normalized spacial score (nSPS) is 15.7. The zero-order valence-corrected chi connectivity index (χ0v) is 34.9. The van der Waals surface area contributed by atoms with E-state index in [1.54, 1.807) is 0 Å². The fourth-order valence-corrected chi connectivity index (χ4v) is 11.3. The molecule has 12 rings (SSSR count). The highest BCUT2D eigenvalue weighted by molar-refractivity contribution is 7.00. The summed E-state index contributed by atoms with van der Waals surface area (Å²) in [6.45, 7) is 4.85. The molecule has 1 fully saturated rings. The third-order valence-electron chi connectivity index (χ3n) is 14.2. The van der Waals surface area contributed by atoms with Gasteiger partial charge in [-0.05, 0) is 142 Å². The summed E-state index contributed by atoms with van der Waals surface area (Å²) in [5.41, 5.74) is 21.8. The summed E-state index contributed by atoms with van der Waals surface area (Å²) in [5.74, 6) is 0.526. The summed E-state index contributed by atoms with van der Waals surface area (Å²) in [6, 6.07) is 70.6. The molecule has 8 aromatic rings. The molecule has 61 heavy (non-hydrogen) atoms. The molecule has 1 saturated carbocycles. The largest absolute Gasteiger partial charge is 0.311 e. The third-order valence-corrected chi connectivity index (χ3v) is 14.2. The van der Waals surface area contributed by atoms with Crippen LogP contribution in [0.15, 0.2) is 188 Å². The summed E-state index contributed by atoms with van der Waals surface area (Å²) in [7, 11) is 0. The lowest BCUT2D eigenvalue weighted by Gasteiger charge is -2.45. The van der Waals surface area contributed by atoms with Gasteiger partial charge in [-0.2, -0.15) is 0 Å². The molecule has 4 heteroatoms. The van der Waals surface area contributed by atoms with Crippen molar-refractivity contribution in [3.8, 4) is 11.1 Å². The minimum Gasteiger partial charge on any atom is -0.311 e. The van der Waals surface area contributed by atoms with Crippen LogP contribution in [0.2, 0.25) is 0 Å². The molecule has 0 unspecified atom stereocenters. The summed E-state index contributed by atoms with van der Waals surface area (Å²) < 4.78 is 0. The van der Waals surface area contributed by atoms with Crippen molar-refractivity contribution >= 4 is 74.3 Å². The standard InChI is InChI=1S/C57H48BN3/c1-57(2)48-28-16-15-27-46(48)47-33-31-44(37-49(47)57)61-52-30-18-17-29-50(52)58-51-34-32-45(59(41-21-9-4-10-22-41)42-23-11-5-12-24-42)38-53(51)60(43-25-13-6-14-26-43)54-35-40(36-55(61)56(54)58)39-19-7-3-8-20-39/h4-6,9-18,21-39H,3,7-8,19-20H2,1-2H3. The van der Waals surface area contributed by atoms with Crippen LogP contribution in [0.4, 0.5) is 51.2 Å². The summed E-state index contributed by atoms with van der Waals surface area (Å²) in [5, 5.41) is 0. The van der Waals surface area contributed by atoms with Gasteiger partial charge in [-0.15, -0.1) is 0 Å². The number of anilines is 9. The Morgan fingerprint density at radius 3 is 1.77 bits per heavy atom. The smallest absolute Gasteiger partial charge is 0.252 e. The Hall–Kier alpha value is -6.78. The Bertz CT molecular complexity index is 2910. The maximum Gasteiger partial charge on any atom is 0.252 e.